The van der Waals surface area contributed by atoms with E-state index in [2.05, 4.69) is 69.2 Å². The maximum atomic E-state index is 4.13. The first-order chi connectivity index (χ1) is 10.0. The van der Waals surface area contributed by atoms with Crippen LogP contribution < -0.4 is 5.32 Å². The summed E-state index contributed by atoms with van der Waals surface area (Å²) in [4.78, 5) is 4.13. The van der Waals surface area contributed by atoms with Gasteiger partial charge in [0, 0.05) is 24.4 Å². The number of benzene rings is 1. The average Bonchev–Trinajstić information content (AvgIpc) is 2.45. The van der Waals surface area contributed by atoms with Crippen molar-refractivity contribution in [2.45, 2.75) is 46.6 Å². The zero-order valence-electron chi connectivity index (χ0n) is 13.8. The van der Waals surface area contributed by atoms with Crippen molar-refractivity contribution < 1.29 is 0 Å². The molecule has 1 aromatic carbocycles. The van der Waals surface area contributed by atoms with Gasteiger partial charge in [0.1, 0.15) is 0 Å². The molecule has 0 radical (unpaired) electrons. The molecule has 2 atom stereocenters. The summed E-state index contributed by atoms with van der Waals surface area (Å²) >= 11 is 0. The lowest BCUT2D eigenvalue weighted by molar-refractivity contribution is 0.475. The molecule has 2 aromatic rings. The SMILES string of the molecule is CCNC(c1c(C)cc(C)cc1C)C(C)c1ccncc1. The molecule has 2 unspecified atom stereocenters. The zero-order chi connectivity index (χ0) is 15.4. The monoisotopic (exact) mass is 282 g/mol. The van der Waals surface area contributed by atoms with Crippen molar-refractivity contribution in [1.29, 1.82) is 0 Å². The first-order valence-corrected chi connectivity index (χ1v) is 7.75. The third-order valence-corrected chi connectivity index (χ3v) is 4.20. The van der Waals surface area contributed by atoms with Crippen LogP contribution in [0.3, 0.4) is 0 Å². The molecule has 0 saturated carbocycles. The molecule has 0 aliphatic heterocycles. The highest BCUT2D eigenvalue weighted by molar-refractivity contribution is 5.41. The molecule has 0 amide bonds. The minimum atomic E-state index is 0.331. The van der Waals surface area contributed by atoms with Crippen molar-refractivity contribution in [3.8, 4) is 0 Å². The summed E-state index contributed by atoms with van der Waals surface area (Å²) in [5.74, 6) is 0.410. The zero-order valence-corrected chi connectivity index (χ0v) is 13.8. The molecule has 1 N–H and O–H groups in total. The second kappa shape index (κ2) is 6.86. The Morgan fingerprint density at radius 1 is 1.05 bits per heavy atom. The smallest absolute Gasteiger partial charge is 0.0392 e. The number of nitrogens with zero attached hydrogens (tertiary/aromatic N) is 1. The van der Waals surface area contributed by atoms with Gasteiger partial charge in [-0.25, -0.2) is 0 Å². The fraction of sp³-hybridized carbons (Fsp3) is 0.421. The largest absolute Gasteiger partial charge is 0.310 e. The number of aromatic nitrogens is 1. The van der Waals surface area contributed by atoms with Gasteiger partial charge < -0.3 is 5.32 Å². The molecule has 0 saturated heterocycles. The van der Waals surface area contributed by atoms with Gasteiger partial charge in [-0.15, -0.1) is 0 Å². The van der Waals surface area contributed by atoms with E-state index in [1.807, 2.05) is 12.4 Å². The van der Waals surface area contributed by atoms with E-state index in [4.69, 9.17) is 0 Å². The molecule has 1 aromatic heterocycles. The van der Waals surface area contributed by atoms with Crippen LogP contribution in [-0.2, 0) is 0 Å². The number of pyridine rings is 1. The quantitative estimate of drug-likeness (QED) is 0.875. The molecule has 112 valence electrons. The molecular weight excluding hydrogens is 256 g/mol. The third-order valence-electron chi connectivity index (χ3n) is 4.20. The highest BCUT2D eigenvalue weighted by Crippen LogP contribution is 2.34. The van der Waals surface area contributed by atoms with Gasteiger partial charge in [-0.1, -0.05) is 31.5 Å². The first-order valence-electron chi connectivity index (χ1n) is 7.75. The maximum absolute atomic E-state index is 4.13. The van der Waals surface area contributed by atoms with Crippen LogP contribution in [0, 0.1) is 20.8 Å². The number of hydrogen-bond acceptors (Lipinski definition) is 2. The lowest BCUT2D eigenvalue weighted by Gasteiger charge is -2.29. The molecule has 0 aliphatic carbocycles. The highest BCUT2D eigenvalue weighted by atomic mass is 14.9. The second-order valence-electron chi connectivity index (χ2n) is 5.92. The van der Waals surface area contributed by atoms with Crippen molar-refractivity contribution in [3.05, 3.63) is 64.5 Å². The van der Waals surface area contributed by atoms with Crippen LogP contribution in [0.2, 0.25) is 0 Å². The van der Waals surface area contributed by atoms with E-state index in [0.29, 0.717) is 12.0 Å². The van der Waals surface area contributed by atoms with Crippen molar-refractivity contribution in [2.24, 2.45) is 0 Å². The van der Waals surface area contributed by atoms with E-state index in [9.17, 15) is 0 Å². The van der Waals surface area contributed by atoms with Gasteiger partial charge in [0.2, 0.25) is 0 Å². The lowest BCUT2D eigenvalue weighted by Crippen LogP contribution is -2.27. The Morgan fingerprint density at radius 2 is 1.62 bits per heavy atom. The van der Waals surface area contributed by atoms with E-state index in [0.717, 1.165) is 6.54 Å². The van der Waals surface area contributed by atoms with E-state index >= 15 is 0 Å². The van der Waals surface area contributed by atoms with Crippen LogP contribution in [0.4, 0.5) is 0 Å². The van der Waals surface area contributed by atoms with E-state index < -0.39 is 0 Å². The fourth-order valence-corrected chi connectivity index (χ4v) is 3.29. The predicted octanol–water partition coefficient (Wildman–Crippen LogP) is 4.46. The van der Waals surface area contributed by atoms with Gasteiger partial charge >= 0.3 is 0 Å². The maximum Gasteiger partial charge on any atom is 0.0392 e. The van der Waals surface area contributed by atoms with Gasteiger partial charge in [0.15, 0.2) is 0 Å². The minimum Gasteiger partial charge on any atom is -0.310 e. The van der Waals surface area contributed by atoms with Crippen LogP contribution in [0.1, 0.15) is 53.6 Å². The van der Waals surface area contributed by atoms with Crippen LogP contribution in [-0.4, -0.2) is 11.5 Å². The summed E-state index contributed by atoms with van der Waals surface area (Å²) in [6, 6.07) is 9.14. The fourth-order valence-electron chi connectivity index (χ4n) is 3.29. The molecule has 0 bridgehead atoms. The van der Waals surface area contributed by atoms with Crippen molar-refractivity contribution >= 4 is 0 Å². The van der Waals surface area contributed by atoms with Crippen molar-refractivity contribution in [1.82, 2.24) is 10.3 Å². The van der Waals surface area contributed by atoms with Crippen LogP contribution in [0.5, 0.6) is 0 Å². The van der Waals surface area contributed by atoms with Gasteiger partial charge in [-0.05, 0) is 61.7 Å². The lowest BCUT2D eigenvalue weighted by atomic mass is 9.84. The van der Waals surface area contributed by atoms with E-state index in [1.54, 1.807) is 0 Å². The average molecular weight is 282 g/mol. The van der Waals surface area contributed by atoms with Crippen LogP contribution in [0.25, 0.3) is 0 Å². The Morgan fingerprint density at radius 3 is 2.14 bits per heavy atom. The molecule has 2 heteroatoms. The summed E-state index contributed by atoms with van der Waals surface area (Å²) in [5.41, 5.74) is 6.85. The van der Waals surface area contributed by atoms with Crippen molar-refractivity contribution in [3.63, 3.8) is 0 Å². The Hall–Kier alpha value is -1.67. The number of rotatable bonds is 5. The van der Waals surface area contributed by atoms with E-state index in [1.165, 1.54) is 27.8 Å². The number of nitrogens with one attached hydrogen (secondary N) is 1. The Kier molecular flexibility index (Phi) is 5.13. The molecule has 0 fully saturated rings. The first kappa shape index (κ1) is 15.7. The summed E-state index contributed by atoms with van der Waals surface area (Å²) in [6.07, 6.45) is 3.76. The van der Waals surface area contributed by atoms with Crippen LogP contribution in [0.15, 0.2) is 36.7 Å². The van der Waals surface area contributed by atoms with Gasteiger partial charge in [0.05, 0.1) is 0 Å². The molecule has 21 heavy (non-hydrogen) atoms. The summed E-state index contributed by atoms with van der Waals surface area (Å²) in [5, 5.41) is 3.68. The Balaban J connectivity index is 2.44. The number of aryl methyl sites for hydroxylation is 3. The molecule has 1 heterocycles. The number of likely N-dealkylation sites (N-methyl/N-ethyl adjacent to an activating group) is 1. The molecule has 0 aliphatic rings. The molecule has 2 nitrogen and oxygen atoms in total. The Bertz CT molecular complexity index is 567. The third kappa shape index (κ3) is 3.51. The second-order valence-corrected chi connectivity index (χ2v) is 5.92. The minimum absolute atomic E-state index is 0.331. The van der Waals surface area contributed by atoms with Gasteiger partial charge in [-0.2, -0.15) is 0 Å². The van der Waals surface area contributed by atoms with Crippen molar-refractivity contribution in [2.75, 3.05) is 6.54 Å². The molecule has 2 rings (SSSR count). The topological polar surface area (TPSA) is 24.9 Å². The number of hydrogen-bond donors (Lipinski definition) is 1. The van der Waals surface area contributed by atoms with Crippen LogP contribution >= 0.6 is 0 Å². The molecule has 0 spiro atoms. The molecular formula is C19H26N2. The predicted molar refractivity (Wildman–Crippen MR) is 89.7 cm³/mol. The standard InChI is InChI=1S/C19H26N2/c1-6-21-19(16(5)17-7-9-20-10-8-17)18-14(3)11-13(2)12-15(18)4/h7-12,16,19,21H,6H2,1-5H3. The Labute approximate surface area is 128 Å². The highest BCUT2D eigenvalue weighted by Gasteiger charge is 2.23. The van der Waals surface area contributed by atoms with E-state index in [-0.39, 0.29) is 0 Å². The normalized spacial score (nSPS) is 14.0. The summed E-state index contributed by atoms with van der Waals surface area (Å²) < 4.78 is 0. The van der Waals surface area contributed by atoms with Gasteiger partial charge in [-0.3, -0.25) is 4.98 Å². The van der Waals surface area contributed by atoms with Gasteiger partial charge in [0.25, 0.3) is 0 Å². The summed E-state index contributed by atoms with van der Waals surface area (Å²) in [7, 11) is 0. The summed E-state index contributed by atoms with van der Waals surface area (Å²) in [6.45, 7) is 12.0.